The maximum atomic E-state index is 3.40. The molecule has 2 heteroatoms. The van der Waals surface area contributed by atoms with Gasteiger partial charge < -0.3 is 0 Å². The summed E-state index contributed by atoms with van der Waals surface area (Å²) in [5.41, 5.74) is 2.34. The Balaban J connectivity index is 2.49. The van der Waals surface area contributed by atoms with E-state index < -0.39 is 0 Å². The molecule has 2 aromatic carbocycles. The standard InChI is InChI=1S/C12H6Br2/c13-11-5-1-3-9(7-11)10-4-2-6-12(14)8-10/h1-4,7-8H. The molecule has 0 nitrogen and oxygen atoms in total. The quantitative estimate of drug-likeness (QED) is 0.728. The minimum atomic E-state index is 0.971. The van der Waals surface area contributed by atoms with Gasteiger partial charge in [0.1, 0.15) is 0 Å². The van der Waals surface area contributed by atoms with Gasteiger partial charge in [-0.15, -0.1) is 0 Å². The van der Waals surface area contributed by atoms with Gasteiger partial charge in [0.25, 0.3) is 0 Å². The summed E-state index contributed by atoms with van der Waals surface area (Å²) in [4.78, 5) is 0. The van der Waals surface area contributed by atoms with Crippen molar-refractivity contribution in [2.24, 2.45) is 0 Å². The third-order valence-corrected chi connectivity index (χ3v) is 2.78. The average molecular weight is 310 g/mol. The molecule has 0 saturated heterocycles. The number of benzene rings is 2. The van der Waals surface area contributed by atoms with Crippen LogP contribution in [0.15, 0.2) is 45.3 Å². The molecule has 2 aromatic rings. The minimum Gasteiger partial charge on any atom is -0.0537 e. The molecule has 0 fully saturated rings. The van der Waals surface area contributed by atoms with Crippen molar-refractivity contribution in [3.05, 3.63) is 57.5 Å². The molecule has 68 valence electrons. The molecule has 0 aliphatic heterocycles. The maximum Gasteiger partial charge on any atom is 0.0260 e. The molecule has 0 aliphatic carbocycles. The Hall–Kier alpha value is -0.600. The van der Waals surface area contributed by atoms with E-state index in [1.165, 1.54) is 11.1 Å². The Labute approximate surface area is 100 Å². The third kappa shape index (κ3) is 2.25. The summed E-state index contributed by atoms with van der Waals surface area (Å²) in [6.45, 7) is 0. The van der Waals surface area contributed by atoms with Gasteiger partial charge in [0, 0.05) is 8.95 Å². The van der Waals surface area contributed by atoms with Gasteiger partial charge in [-0.05, 0) is 35.4 Å². The average Bonchev–Trinajstić information content (AvgIpc) is 2.18. The fraction of sp³-hybridized carbons (Fsp3) is 0. The van der Waals surface area contributed by atoms with Crippen LogP contribution >= 0.6 is 31.9 Å². The van der Waals surface area contributed by atoms with Crippen LogP contribution < -0.4 is 0 Å². The largest absolute Gasteiger partial charge is 0.0537 e. The summed E-state index contributed by atoms with van der Waals surface area (Å²) < 4.78 is 1.94. The summed E-state index contributed by atoms with van der Waals surface area (Å²) >= 11 is 6.81. The van der Waals surface area contributed by atoms with Gasteiger partial charge in [0.05, 0.1) is 0 Å². The topological polar surface area (TPSA) is 0 Å². The molecule has 0 atom stereocenters. The first-order valence-electron chi connectivity index (χ1n) is 4.10. The lowest BCUT2D eigenvalue weighted by atomic mass is 10.1. The Morgan fingerprint density at radius 2 is 1.21 bits per heavy atom. The van der Waals surface area contributed by atoms with Crippen LogP contribution in [0.1, 0.15) is 0 Å². The van der Waals surface area contributed by atoms with E-state index in [-0.39, 0.29) is 0 Å². The smallest absolute Gasteiger partial charge is 0.0260 e. The predicted molar refractivity (Wildman–Crippen MR) is 65.0 cm³/mol. The van der Waals surface area contributed by atoms with Crippen LogP contribution in [0, 0.1) is 12.1 Å². The minimum absolute atomic E-state index is 0.971. The van der Waals surface area contributed by atoms with Crippen molar-refractivity contribution in [2.45, 2.75) is 0 Å². The molecule has 0 heterocycles. The monoisotopic (exact) mass is 308 g/mol. The normalized spacial score (nSPS) is 10.1. The fourth-order valence-electron chi connectivity index (χ4n) is 1.23. The lowest BCUT2D eigenvalue weighted by Crippen LogP contribution is -1.77. The van der Waals surface area contributed by atoms with Gasteiger partial charge in [0.15, 0.2) is 0 Å². The van der Waals surface area contributed by atoms with Crippen LogP contribution in [0.25, 0.3) is 11.1 Å². The van der Waals surface area contributed by atoms with E-state index in [4.69, 9.17) is 0 Å². The van der Waals surface area contributed by atoms with E-state index in [2.05, 4.69) is 44.0 Å². The highest BCUT2D eigenvalue weighted by Crippen LogP contribution is 2.24. The molecule has 0 saturated carbocycles. The Morgan fingerprint density at radius 3 is 1.57 bits per heavy atom. The molecule has 0 spiro atoms. The molecule has 0 unspecified atom stereocenters. The van der Waals surface area contributed by atoms with Crippen molar-refractivity contribution >= 4 is 31.9 Å². The van der Waals surface area contributed by atoms with E-state index >= 15 is 0 Å². The second-order valence-electron chi connectivity index (χ2n) is 2.85. The first-order chi connectivity index (χ1) is 6.75. The first-order valence-corrected chi connectivity index (χ1v) is 5.69. The number of halogens is 2. The number of rotatable bonds is 1. The van der Waals surface area contributed by atoms with Gasteiger partial charge in [-0.1, -0.05) is 56.1 Å². The molecule has 0 amide bonds. The predicted octanol–water partition coefficient (Wildman–Crippen LogP) is 4.48. The van der Waals surface area contributed by atoms with Crippen LogP contribution in [-0.2, 0) is 0 Å². The van der Waals surface area contributed by atoms with E-state index in [1.807, 2.05) is 36.4 Å². The molecule has 0 aliphatic rings. The van der Waals surface area contributed by atoms with Crippen LogP contribution in [0.4, 0.5) is 0 Å². The summed E-state index contributed by atoms with van der Waals surface area (Å²) in [7, 11) is 0. The zero-order valence-corrected chi connectivity index (χ0v) is 10.4. The van der Waals surface area contributed by atoms with E-state index in [0.29, 0.717) is 0 Å². The molecule has 2 radical (unpaired) electrons. The molecule has 0 bridgehead atoms. The first kappa shape index (κ1) is 9.94. The van der Waals surface area contributed by atoms with Crippen molar-refractivity contribution in [1.29, 1.82) is 0 Å². The van der Waals surface area contributed by atoms with Gasteiger partial charge >= 0.3 is 0 Å². The zero-order chi connectivity index (χ0) is 9.97. The van der Waals surface area contributed by atoms with Crippen molar-refractivity contribution < 1.29 is 0 Å². The summed E-state index contributed by atoms with van der Waals surface area (Å²) in [5.74, 6) is 0. The molecule has 14 heavy (non-hydrogen) atoms. The number of hydrogen-bond donors (Lipinski definition) is 0. The van der Waals surface area contributed by atoms with Crippen LogP contribution in [0.3, 0.4) is 0 Å². The van der Waals surface area contributed by atoms with Crippen LogP contribution in [0.5, 0.6) is 0 Å². The lowest BCUT2D eigenvalue weighted by Gasteiger charge is -2.01. The van der Waals surface area contributed by atoms with Gasteiger partial charge in [-0.3, -0.25) is 0 Å². The maximum absolute atomic E-state index is 3.40. The molecule has 0 N–H and O–H groups in total. The van der Waals surface area contributed by atoms with Crippen LogP contribution in [0.2, 0.25) is 0 Å². The van der Waals surface area contributed by atoms with E-state index in [9.17, 15) is 0 Å². The summed E-state index contributed by atoms with van der Waals surface area (Å²) in [5, 5.41) is 0. The van der Waals surface area contributed by atoms with Crippen molar-refractivity contribution in [3.8, 4) is 11.1 Å². The van der Waals surface area contributed by atoms with E-state index in [0.717, 1.165) is 8.95 Å². The molecule has 2 rings (SSSR count). The van der Waals surface area contributed by atoms with Gasteiger partial charge in [0.2, 0.25) is 0 Å². The molecular formula is C12H6Br2. The van der Waals surface area contributed by atoms with Gasteiger partial charge in [-0.2, -0.15) is 0 Å². The Kier molecular flexibility index (Phi) is 3.04. The van der Waals surface area contributed by atoms with Crippen molar-refractivity contribution in [3.63, 3.8) is 0 Å². The fourth-order valence-corrected chi connectivity index (χ4v) is 1.99. The van der Waals surface area contributed by atoms with Crippen molar-refractivity contribution in [1.82, 2.24) is 0 Å². The summed E-state index contributed by atoms with van der Waals surface area (Å²) in [6, 6.07) is 18.1. The SMILES string of the molecule is Brc1[c]ccc(-c2cc[c]c(Br)c2)c1. The van der Waals surface area contributed by atoms with Gasteiger partial charge in [-0.25, -0.2) is 0 Å². The number of hydrogen-bond acceptors (Lipinski definition) is 0. The highest BCUT2D eigenvalue weighted by molar-refractivity contribution is 9.10. The van der Waals surface area contributed by atoms with Crippen molar-refractivity contribution in [2.75, 3.05) is 0 Å². The second-order valence-corrected chi connectivity index (χ2v) is 4.56. The van der Waals surface area contributed by atoms with E-state index in [1.54, 1.807) is 0 Å². The Morgan fingerprint density at radius 1 is 0.786 bits per heavy atom. The molecule has 0 aromatic heterocycles. The highest BCUT2D eigenvalue weighted by Gasteiger charge is 1.98. The Bertz CT molecular complexity index is 406. The zero-order valence-electron chi connectivity index (χ0n) is 7.22. The third-order valence-electron chi connectivity index (χ3n) is 1.87. The summed E-state index contributed by atoms with van der Waals surface area (Å²) in [6.07, 6.45) is 0. The lowest BCUT2D eigenvalue weighted by molar-refractivity contribution is 1.56. The highest BCUT2D eigenvalue weighted by atomic mass is 79.9. The second kappa shape index (κ2) is 4.28. The molecular weight excluding hydrogens is 304 g/mol. The van der Waals surface area contributed by atoms with Crippen LogP contribution in [-0.4, -0.2) is 0 Å².